The summed E-state index contributed by atoms with van der Waals surface area (Å²) in [6.07, 6.45) is 6.35. The van der Waals surface area contributed by atoms with Crippen molar-refractivity contribution in [1.29, 1.82) is 0 Å². The maximum absolute atomic E-state index is 5.84. The Bertz CT molecular complexity index is 318. The lowest BCUT2D eigenvalue weighted by molar-refractivity contribution is 0.118. The first kappa shape index (κ1) is 11.1. The van der Waals surface area contributed by atoms with Crippen molar-refractivity contribution in [3.8, 4) is 5.88 Å². The van der Waals surface area contributed by atoms with Gasteiger partial charge in [0.25, 0.3) is 5.88 Å². The van der Waals surface area contributed by atoms with Crippen molar-refractivity contribution in [3.05, 3.63) is 5.15 Å². The lowest BCUT2D eigenvalue weighted by Gasteiger charge is -2.28. The van der Waals surface area contributed by atoms with Crippen molar-refractivity contribution in [1.82, 2.24) is 8.75 Å². The van der Waals surface area contributed by atoms with Gasteiger partial charge in [0.05, 0.1) is 11.7 Å². The van der Waals surface area contributed by atoms with E-state index in [-0.39, 0.29) is 6.10 Å². The maximum Gasteiger partial charge on any atom is 0.265 e. The zero-order valence-corrected chi connectivity index (χ0v) is 10.4. The molecule has 1 aromatic rings. The maximum atomic E-state index is 5.84. The molecule has 0 saturated heterocycles. The highest BCUT2D eigenvalue weighted by Gasteiger charge is 2.23. The highest BCUT2D eigenvalue weighted by Crippen LogP contribution is 2.31. The van der Waals surface area contributed by atoms with Crippen LogP contribution in [0.1, 0.15) is 39.0 Å². The second-order valence-electron chi connectivity index (χ2n) is 4.04. The molecule has 2 rings (SSSR count). The van der Waals surface area contributed by atoms with E-state index >= 15 is 0 Å². The molecule has 84 valence electrons. The van der Waals surface area contributed by atoms with Crippen LogP contribution in [0.5, 0.6) is 5.88 Å². The topological polar surface area (TPSA) is 35.0 Å². The number of hydrogen-bond donors (Lipinski definition) is 0. The van der Waals surface area contributed by atoms with E-state index in [1.165, 1.54) is 19.3 Å². The SMILES string of the molecule is CCC1CCCC(Oc2nsnc2Cl)C1. The van der Waals surface area contributed by atoms with Gasteiger partial charge in [-0.2, -0.15) is 4.37 Å². The highest BCUT2D eigenvalue weighted by atomic mass is 35.5. The van der Waals surface area contributed by atoms with Gasteiger partial charge in [0.15, 0.2) is 0 Å². The largest absolute Gasteiger partial charge is 0.472 e. The Balaban J connectivity index is 1.92. The summed E-state index contributed by atoms with van der Waals surface area (Å²) in [4.78, 5) is 0. The van der Waals surface area contributed by atoms with Crippen LogP contribution < -0.4 is 4.74 Å². The molecule has 2 atom stereocenters. The van der Waals surface area contributed by atoms with Gasteiger partial charge < -0.3 is 4.74 Å². The minimum Gasteiger partial charge on any atom is -0.472 e. The van der Waals surface area contributed by atoms with Crippen LogP contribution in [0.15, 0.2) is 0 Å². The van der Waals surface area contributed by atoms with E-state index in [0.29, 0.717) is 11.0 Å². The van der Waals surface area contributed by atoms with Crippen molar-refractivity contribution in [3.63, 3.8) is 0 Å². The summed E-state index contributed by atoms with van der Waals surface area (Å²) in [6, 6.07) is 0. The molecule has 3 nitrogen and oxygen atoms in total. The predicted molar refractivity (Wildman–Crippen MR) is 61.6 cm³/mol. The van der Waals surface area contributed by atoms with Gasteiger partial charge in [0.2, 0.25) is 5.15 Å². The van der Waals surface area contributed by atoms with Crippen LogP contribution in [0.25, 0.3) is 0 Å². The van der Waals surface area contributed by atoms with Gasteiger partial charge in [-0.15, -0.1) is 4.37 Å². The standard InChI is InChI=1S/C10H15ClN2OS/c1-2-7-4-3-5-8(6-7)14-10-9(11)12-15-13-10/h7-8H,2-6H2,1H3. The molecule has 0 radical (unpaired) electrons. The molecular formula is C10H15ClN2OS. The molecule has 1 fully saturated rings. The molecule has 0 bridgehead atoms. The molecule has 1 aliphatic carbocycles. The van der Waals surface area contributed by atoms with Crippen molar-refractivity contribution in [2.75, 3.05) is 0 Å². The van der Waals surface area contributed by atoms with Crippen LogP contribution >= 0.6 is 23.3 Å². The van der Waals surface area contributed by atoms with Gasteiger partial charge >= 0.3 is 0 Å². The van der Waals surface area contributed by atoms with Crippen LogP contribution in [-0.2, 0) is 0 Å². The Labute approximate surface area is 99.1 Å². The molecule has 15 heavy (non-hydrogen) atoms. The van der Waals surface area contributed by atoms with Crippen molar-refractivity contribution < 1.29 is 4.74 Å². The number of nitrogens with zero attached hydrogens (tertiary/aromatic N) is 2. The second kappa shape index (κ2) is 5.12. The van der Waals surface area contributed by atoms with Crippen molar-refractivity contribution in [2.45, 2.75) is 45.1 Å². The van der Waals surface area contributed by atoms with Gasteiger partial charge in [-0.1, -0.05) is 31.4 Å². The molecule has 0 spiro atoms. The third-order valence-corrected chi connectivity index (χ3v) is 3.87. The lowest BCUT2D eigenvalue weighted by atomic mass is 9.85. The minimum absolute atomic E-state index is 0.282. The number of rotatable bonds is 3. The summed E-state index contributed by atoms with van der Waals surface area (Å²) in [7, 11) is 0. The summed E-state index contributed by atoms with van der Waals surface area (Å²) in [5.41, 5.74) is 0. The van der Waals surface area contributed by atoms with Gasteiger partial charge in [0, 0.05) is 0 Å². The van der Waals surface area contributed by atoms with Crippen molar-refractivity contribution >= 4 is 23.3 Å². The summed E-state index contributed by atoms with van der Waals surface area (Å²) in [5.74, 6) is 1.32. The molecular weight excluding hydrogens is 232 g/mol. The van der Waals surface area contributed by atoms with Crippen LogP contribution in [-0.4, -0.2) is 14.9 Å². The summed E-state index contributed by atoms with van der Waals surface area (Å²) in [5, 5.41) is 0.402. The first-order valence-electron chi connectivity index (χ1n) is 5.44. The summed E-state index contributed by atoms with van der Waals surface area (Å²) < 4.78 is 13.7. The van der Waals surface area contributed by atoms with E-state index in [1.54, 1.807) is 0 Å². The van der Waals surface area contributed by atoms with Crippen LogP contribution in [0.3, 0.4) is 0 Å². The molecule has 1 aromatic heterocycles. The number of hydrogen-bond acceptors (Lipinski definition) is 4. The van der Waals surface area contributed by atoms with E-state index < -0.39 is 0 Å². The highest BCUT2D eigenvalue weighted by molar-refractivity contribution is 6.99. The molecule has 0 aromatic carbocycles. The van der Waals surface area contributed by atoms with E-state index in [2.05, 4.69) is 15.7 Å². The monoisotopic (exact) mass is 246 g/mol. The molecule has 1 heterocycles. The Morgan fingerprint density at radius 2 is 2.33 bits per heavy atom. The molecule has 5 heteroatoms. The Morgan fingerprint density at radius 3 is 3.00 bits per heavy atom. The van der Waals surface area contributed by atoms with E-state index in [4.69, 9.17) is 16.3 Å². The van der Waals surface area contributed by atoms with Crippen LogP contribution in [0.4, 0.5) is 0 Å². The van der Waals surface area contributed by atoms with E-state index in [1.807, 2.05) is 0 Å². The fourth-order valence-electron chi connectivity index (χ4n) is 2.12. The average Bonchev–Trinajstić information content (AvgIpc) is 2.65. The molecule has 0 amide bonds. The van der Waals surface area contributed by atoms with E-state index in [9.17, 15) is 0 Å². The minimum atomic E-state index is 0.282. The van der Waals surface area contributed by atoms with Crippen molar-refractivity contribution in [2.24, 2.45) is 5.92 Å². The smallest absolute Gasteiger partial charge is 0.265 e. The lowest BCUT2D eigenvalue weighted by Crippen LogP contribution is -2.25. The fraction of sp³-hybridized carbons (Fsp3) is 0.800. The molecule has 1 aliphatic rings. The first-order valence-corrected chi connectivity index (χ1v) is 6.55. The average molecular weight is 247 g/mol. The van der Waals surface area contributed by atoms with Gasteiger partial charge in [0.1, 0.15) is 6.10 Å². The summed E-state index contributed by atoms with van der Waals surface area (Å²) >= 11 is 6.95. The Kier molecular flexibility index (Phi) is 3.81. The molecule has 1 saturated carbocycles. The van der Waals surface area contributed by atoms with E-state index in [0.717, 1.165) is 30.5 Å². The van der Waals surface area contributed by atoms with Gasteiger partial charge in [-0.3, -0.25) is 0 Å². The Morgan fingerprint density at radius 1 is 1.47 bits per heavy atom. The number of ether oxygens (including phenoxy) is 1. The predicted octanol–water partition coefficient (Wildman–Crippen LogP) is 3.54. The molecule has 0 N–H and O–H groups in total. The number of aromatic nitrogens is 2. The third-order valence-electron chi connectivity index (χ3n) is 3.01. The number of halogens is 1. The Hall–Kier alpha value is -0.350. The second-order valence-corrected chi connectivity index (χ2v) is 4.93. The fourth-order valence-corrected chi connectivity index (χ4v) is 2.74. The van der Waals surface area contributed by atoms with Crippen LogP contribution in [0.2, 0.25) is 5.15 Å². The quantitative estimate of drug-likeness (QED) is 0.818. The zero-order valence-electron chi connectivity index (χ0n) is 8.78. The molecule has 0 aliphatic heterocycles. The van der Waals surface area contributed by atoms with Crippen LogP contribution in [0, 0.1) is 5.92 Å². The normalized spacial score (nSPS) is 26.5. The van der Waals surface area contributed by atoms with Gasteiger partial charge in [-0.25, -0.2) is 0 Å². The third kappa shape index (κ3) is 2.82. The summed E-state index contributed by atoms with van der Waals surface area (Å²) in [6.45, 7) is 2.24. The zero-order chi connectivity index (χ0) is 10.7. The van der Waals surface area contributed by atoms with Gasteiger partial charge in [-0.05, 0) is 25.2 Å². The first-order chi connectivity index (χ1) is 7.29. The molecule has 2 unspecified atom stereocenters.